The molecule has 0 atom stereocenters. The van der Waals surface area contributed by atoms with Gasteiger partial charge in [0.25, 0.3) is 0 Å². The van der Waals surface area contributed by atoms with Crippen LogP contribution < -0.4 is 15.5 Å². The number of nitrogens with one attached hydrogen (secondary N) is 2. The maximum atomic E-state index is 14.6. The first-order valence-electron chi connectivity index (χ1n) is 9.48. The molecule has 3 heterocycles. The van der Waals surface area contributed by atoms with E-state index in [9.17, 15) is 22.4 Å². The molecule has 2 N–H and O–H groups in total. The van der Waals surface area contributed by atoms with E-state index >= 15 is 0 Å². The van der Waals surface area contributed by atoms with Crippen molar-refractivity contribution in [3.63, 3.8) is 0 Å². The van der Waals surface area contributed by atoms with E-state index in [2.05, 4.69) is 10.6 Å². The predicted octanol–water partition coefficient (Wildman–Crippen LogP) is 3.41. The number of alkyl halides is 3. The number of halogens is 4. The monoisotopic (exact) mass is 418 g/mol. The Balaban J connectivity index is 1.61. The maximum absolute atomic E-state index is 14.6. The van der Waals surface area contributed by atoms with Crippen LogP contribution in [0.5, 0.6) is 0 Å². The van der Waals surface area contributed by atoms with Crippen LogP contribution in [0, 0.1) is 12.7 Å². The number of pyridine rings is 1. The predicted molar refractivity (Wildman–Crippen MR) is 108 cm³/mol. The topological polar surface area (TPSA) is 48.8 Å². The second-order valence-electron chi connectivity index (χ2n) is 7.31. The second kappa shape index (κ2) is 7.75. The van der Waals surface area contributed by atoms with Crippen molar-refractivity contribution in [2.75, 3.05) is 36.4 Å². The van der Waals surface area contributed by atoms with Crippen molar-refractivity contribution in [1.82, 2.24) is 9.72 Å². The number of fused-ring (bicyclic) bond motifs is 1. The van der Waals surface area contributed by atoms with Gasteiger partial charge in [0.2, 0.25) is 0 Å². The average molecular weight is 418 g/mol. The first kappa shape index (κ1) is 20.4. The van der Waals surface area contributed by atoms with Gasteiger partial charge in [-0.25, -0.2) is 0 Å². The Bertz CT molecular complexity index is 1110. The Hall–Kier alpha value is -2.88. The van der Waals surface area contributed by atoms with Crippen molar-refractivity contribution in [2.45, 2.75) is 13.1 Å². The van der Waals surface area contributed by atoms with E-state index in [1.807, 2.05) is 4.90 Å². The zero-order valence-corrected chi connectivity index (χ0v) is 16.2. The summed E-state index contributed by atoms with van der Waals surface area (Å²) < 4.78 is 56.3. The summed E-state index contributed by atoms with van der Waals surface area (Å²) in [6.07, 6.45) is -1.69. The Morgan fingerprint density at radius 1 is 1.17 bits per heavy atom. The molecule has 156 valence electrons. The first-order chi connectivity index (χ1) is 14.2. The number of amides is 1. The van der Waals surface area contributed by atoms with E-state index in [0.29, 0.717) is 11.1 Å². The molecular formula is C20H19BF4N4O. The molecule has 0 bridgehead atoms. The Labute approximate surface area is 170 Å². The Morgan fingerprint density at radius 3 is 2.57 bits per heavy atom. The summed E-state index contributed by atoms with van der Waals surface area (Å²) in [4.78, 5) is 14.6. The molecule has 3 aromatic rings. The molecule has 30 heavy (non-hydrogen) atoms. The second-order valence-corrected chi connectivity index (χ2v) is 7.31. The number of aromatic nitrogens is 1. The number of carbonyl (C=O) groups excluding carboxylic acids is 1. The minimum absolute atomic E-state index is 0.00967. The van der Waals surface area contributed by atoms with Gasteiger partial charge in [0.15, 0.2) is 0 Å². The van der Waals surface area contributed by atoms with Gasteiger partial charge >= 0.3 is 152 Å². The van der Waals surface area contributed by atoms with Gasteiger partial charge in [0, 0.05) is 13.1 Å². The fourth-order valence-corrected chi connectivity index (χ4v) is 3.66. The molecule has 10 heteroatoms. The number of hydrogen-bond donors (Lipinski definition) is 2. The summed E-state index contributed by atoms with van der Waals surface area (Å²) >= 11 is 0. The zero-order valence-electron chi connectivity index (χ0n) is 16.2. The number of anilines is 2. The van der Waals surface area contributed by atoms with Gasteiger partial charge in [-0.2, -0.15) is 0 Å². The average Bonchev–Trinajstić information content (AvgIpc) is 3.07. The van der Waals surface area contributed by atoms with Gasteiger partial charge in [0.05, 0.1) is 0 Å². The van der Waals surface area contributed by atoms with Crippen LogP contribution >= 0.6 is 0 Å². The molecule has 1 aliphatic heterocycles. The number of carbonyl (C=O) groups is 1. The van der Waals surface area contributed by atoms with Crippen LogP contribution in [0.4, 0.5) is 28.9 Å². The van der Waals surface area contributed by atoms with E-state index in [4.69, 9.17) is 0 Å². The van der Waals surface area contributed by atoms with Crippen molar-refractivity contribution in [3.8, 4) is 0 Å². The molecule has 1 fully saturated rings. The molecule has 0 aliphatic carbocycles. The third-order valence-electron chi connectivity index (χ3n) is 5.08. The zero-order chi connectivity index (χ0) is 21.5. The van der Waals surface area contributed by atoms with Gasteiger partial charge in [-0.05, 0) is 0 Å². The SMILES string of the molecule is Cc1bc2c(C(F)(F)F)cc(NC(=O)c3ccc(N4CCNCC4)cc3F)cn2c1. The third kappa shape index (κ3) is 4.05. The van der Waals surface area contributed by atoms with E-state index in [-0.39, 0.29) is 16.7 Å². The first-order valence-corrected chi connectivity index (χ1v) is 9.48. The van der Waals surface area contributed by atoms with Crippen LogP contribution in [0.2, 0.25) is 0 Å². The molecule has 0 radical (unpaired) electrons. The van der Waals surface area contributed by atoms with E-state index in [0.717, 1.165) is 32.2 Å². The summed E-state index contributed by atoms with van der Waals surface area (Å²) in [6.45, 7) is 6.12. The molecule has 2 aromatic heterocycles. The quantitative estimate of drug-likeness (QED) is 0.642. The number of rotatable bonds is 3. The molecule has 4 rings (SSSR count). The molecular weight excluding hydrogens is 399 g/mol. The molecule has 0 spiro atoms. The van der Waals surface area contributed by atoms with Crippen LogP contribution in [0.25, 0.3) is 5.41 Å². The minimum atomic E-state index is -4.59. The van der Waals surface area contributed by atoms with Crippen molar-refractivity contribution < 1.29 is 22.4 Å². The molecule has 1 aromatic carbocycles. The summed E-state index contributed by atoms with van der Waals surface area (Å²) in [5, 5.41) is 5.59. The van der Waals surface area contributed by atoms with Crippen LogP contribution in [-0.4, -0.2) is 43.4 Å². The van der Waals surface area contributed by atoms with Crippen molar-refractivity contribution in [3.05, 3.63) is 59.1 Å². The number of benzene rings is 1. The molecule has 5 nitrogen and oxygen atoms in total. The fraction of sp³-hybridized carbons (Fsp3) is 0.300. The van der Waals surface area contributed by atoms with E-state index < -0.39 is 23.5 Å². The van der Waals surface area contributed by atoms with Gasteiger partial charge in [-0.15, -0.1) is 0 Å². The van der Waals surface area contributed by atoms with Gasteiger partial charge < -0.3 is 5.32 Å². The fourth-order valence-electron chi connectivity index (χ4n) is 3.66. The normalized spacial score (nSPS) is 14.8. The van der Waals surface area contributed by atoms with Crippen LogP contribution in [-0.2, 0) is 6.18 Å². The molecule has 0 saturated carbocycles. The summed E-state index contributed by atoms with van der Waals surface area (Å²) in [7, 11) is 0. The number of nitrogens with zero attached hydrogens (tertiary/aromatic N) is 2. The van der Waals surface area contributed by atoms with Gasteiger partial charge in [-0.1, -0.05) is 0 Å². The van der Waals surface area contributed by atoms with Gasteiger partial charge in [-0.3, -0.25) is 0 Å². The van der Waals surface area contributed by atoms with Crippen molar-refractivity contribution in [2.24, 2.45) is 0 Å². The summed E-state index contributed by atoms with van der Waals surface area (Å²) in [5.41, 5.74) is 0.132. The van der Waals surface area contributed by atoms with E-state index in [1.165, 1.54) is 35.8 Å². The summed E-state index contributed by atoms with van der Waals surface area (Å²) in [6, 6.07) is 5.13. The molecule has 1 saturated heterocycles. The molecule has 0 unspecified atom stereocenters. The van der Waals surface area contributed by atoms with Crippen LogP contribution in [0.1, 0.15) is 21.4 Å². The van der Waals surface area contributed by atoms with Crippen molar-refractivity contribution in [1.29, 1.82) is 0 Å². The van der Waals surface area contributed by atoms with Crippen LogP contribution in [0.3, 0.4) is 0 Å². The standard InChI is InChI=1S/C20H19BF4N4O/c1-12-10-29-11-13(8-16(18(29)21-12)20(23,24)25)27-19(30)15-3-2-14(9-17(15)22)28-6-4-26-5-7-28/h2-3,8-11,26H,4-7H2,1H3,(H,27,30). The number of aryl methyl sites for hydroxylation is 1. The molecule has 1 amide bonds. The van der Waals surface area contributed by atoms with Gasteiger partial charge in [0.1, 0.15) is 0 Å². The number of piperazine rings is 1. The Morgan fingerprint density at radius 2 is 1.90 bits per heavy atom. The summed E-state index contributed by atoms with van der Waals surface area (Å²) in [5.74, 6) is -1.53. The third-order valence-corrected chi connectivity index (χ3v) is 5.08. The number of hydrogen-bond acceptors (Lipinski definition) is 3. The molecule has 1 aliphatic rings. The van der Waals surface area contributed by atoms with Crippen LogP contribution in [0.15, 0.2) is 36.7 Å². The Kier molecular flexibility index (Phi) is 5.27. The van der Waals surface area contributed by atoms with E-state index in [1.54, 1.807) is 13.0 Å². The van der Waals surface area contributed by atoms with Crippen molar-refractivity contribution >= 4 is 29.6 Å².